The molecule has 1 aliphatic heterocycles. The van der Waals surface area contributed by atoms with Crippen molar-refractivity contribution in [3.8, 4) is 0 Å². The number of likely N-dealkylation sites (tertiary alicyclic amines) is 1. The number of urea groups is 1. The molecule has 1 aliphatic rings. The summed E-state index contributed by atoms with van der Waals surface area (Å²) in [5, 5.41) is 4.82. The second kappa shape index (κ2) is 7.23. The van der Waals surface area contributed by atoms with Crippen molar-refractivity contribution in [1.82, 2.24) is 15.5 Å². The second-order valence-corrected chi connectivity index (χ2v) is 4.97. The highest BCUT2D eigenvalue weighted by Gasteiger charge is 2.29. The molecule has 0 bridgehead atoms. The Bertz CT molecular complexity index is 357. The van der Waals surface area contributed by atoms with E-state index in [1.807, 2.05) is 4.90 Å². The molecule has 108 valence electrons. The van der Waals surface area contributed by atoms with Gasteiger partial charge in [0, 0.05) is 19.0 Å². The number of nitrogens with one attached hydrogen (secondary N) is 2. The first-order chi connectivity index (χ1) is 8.95. The molecule has 1 fully saturated rings. The summed E-state index contributed by atoms with van der Waals surface area (Å²) in [5.74, 6) is -0.148. The van der Waals surface area contributed by atoms with Crippen LogP contribution in [0.1, 0.15) is 33.6 Å². The van der Waals surface area contributed by atoms with Gasteiger partial charge in [-0.25, -0.2) is 4.79 Å². The average molecular weight is 269 g/mol. The molecule has 3 amide bonds. The average Bonchev–Trinajstić information content (AvgIpc) is 2.38. The van der Waals surface area contributed by atoms with Crippen LogP contribution in [-0.2, 0) is 9.59 Å². The van der Waals surface area contributed by atoms with Gasteiger partial charge in [-0.3, -0.25) is 19.8 Å². The number of Topliss-reactive ketones (excluding diaryl/α,β-unsaturated/α-hetero) is 1. The number of hydrogen-bond acceptors (Lipinski definition) is 4. The van der Waals surface area contributed by atoms with Gasteiger partial charge in [0.25, 0.3) is 0 Å². The van der Waals surface area contributed by atoms with Crippen molar-refractivity contribution in [2.45, 2.75) is 39.7 Å². The van der Waals surface area contributed by atoms with Gasteiger partial charge in [0.15, 0.2) is 0 Å². The van der Waals surface area contributed by atoms with E-state index in [9.17, 15) is 14.4 Å². The van der Waals surface area contributed by atoms with E-state index in [4.69, 9.17) is 0 Å². The Morgan fingerprint density at radius 2 is 2.05 bits per heavy atom. The van der Waals surface area contributed by atoms with Crippen LogP contribution in [0.5, 0.6) is 0 Å². The third-order valence-corrected chi connectivity index (χ3v) is 3.53. The molecule has 19 heavy (non-hydrogen) atoms. The van der Waals surface area contributed by atoms with E-state index in [-0.39, 0.29) is 17.6 Å². The number of hydrogen-bond donors (Lipinski definition) is 2. The molecular weight excluding hydrogens is 246 g/mol. The molecular formula is C13H23N3O3. The number of piperidine rings is 1. The van der Waals surface area contributed by atoms with Crippen LogP contribution in [0.3, 0.4) is 0 Å². The van der Waals surface area contributed by atoms with Crippen LogP contribution < -0.4 is 10.6 Å². The largest absolute Gasteiger partial charge is 0.338 e. The first-order valence-corrected chi connectivity index (χ1v) is 6.78. The van der Waals surface area contributed by atoms with E-state index in [0.29, 0.717) is 13.1 Å². The zero-order valence-electron chi connectivity index (χ0n) is 11.9. The van der Waals surface area contributed by atoms with Gasteiger partial charge in [0.05, 0.1) is 6.04 Å². The molecule has 0 aromatic heterocycles. The number of amides is 3. The van der Waals surface area contributed by atoms with Gasteiger partial charge in [-0.15, -0.1) is 0 Å². The van der Waals surface area contributed by atoms with Crippen LogP contribution in [0, 0.1) is 5.92 Å². The van der Waals surface area contributed by atoms with E-state index >= 15 is 0 Å². The van der Waals surface area contributed by atoms with Crippen molar-refractivity contribution < 1.29 is 14.4 Å². The van der Waals surface area contributed by atoms with Gasteiger partial charge in [0.1, 0.15) is 5.78 Å². The number of carbonyl (C=O) groups is 3. The fraction of sp³-hybridized carbons (Fsp3) is 0.769. The van der Waals surface area contributed by atoms with E-state index in [2.05, 4.69) is 10.6 Å². The number of nitrogens with zero attached hydrogens (tertiary/aromatic N) is 1. The minimum Gasteiger partial charge on any atom is -0.338 e. The lowest BCUT2D eigenvalue weighted by Gasteiger charge is -2.34. The predicted octanol–water partition coefficient (Wildman–Crippen LogP) is 0.522. The van der Waals surface area contributed by atoms with Crippen molar-refractivity contribution >= 4 is 17.7 Å². The number of ketones is 1. The molecule has 0 radical (unpaired) electrons. The molecule has 2 N–H and O–H groups in total. The second-order valence-electron chi connectivity index (χ2n) is 4.97. The van der Waals surface area contributed by atoms with Gasteiger partial charge in [-0.1, -0.05) is 0 Å². The summed E-state index contributed by atoms with van der Waals surface area (Å²) in [6.07, 6.45) is 1.79. The molecule has 6 heteroatoms. The van der Waals surface area contributed by atoms with E-state index in [1.165, 1.54) is 0 Å². The summed E-state index contributed by atoms with van der Waals surface area (Å²) in [7, 11) is 0. The molecule has 1 rings (SSSR count). The summed E-state index contributed by atoms with van der Waals surface area (Å²) in [6, 6.07) is -0.871. The SMILES string of the molecule is CCNC(=O)NC(=O)C(C)N1CCCC(C(C)=O)C1. The van der Waals surface area contributed by atoms with Gasteiger partial charge < -0.3 is 5.32 Å². The topological polar surface area (TPSA) is 78.5 Å². The van der Waals surface area contributed by atoms with Crippen molar-refractivity contribution in [2.24, 2.45) is 5.92 Å². The smallest absolute Gasteiger partial charge is 0.321 e. The van der Waals surface area contributed by atoms with Crippen molar-refractivity contribution in [3.05, 3.63) is 0 Å². The standard InChI is InChI=1S/C13H23N3O3/c1-4-14-13(19)15-12(18)9(2)16-7-5-6-11(8-16)10(3)17/h9,11H,4-8H2,1-3H3,(H2,14,15,18,19). The number of carbonyl (C=O) groups excluding carboxylic acids is 3. The first-order valence-electron chi connectivity index (χ1n) is 6.78. The number of imide groups is 1. The highest BCUT2D eigenvalue weighted by molar-refractivity contribution is 5.96. The zero-order chi connectivity index (χ0) is 14.4. The molecule has 0 aliphatic carbocycles. The van der Waals surface area contributed by atoms with Crippen LogP contribution >= 0.6 is 0 Å². The predicted molar refractivity (Wildman–Crippen MR) is 71.7 cm³/mol. The van der Waals surface area contributed by atoms with Crippen LogP contribution in [0.4, 0.5) is 4.79 Å². The van der Waals surface area contributed by atoms with Crippen LogP contribution in [0.15, 0.2) is 0 Å². The maximum atomic E-state index is 11.9. The lowest BCUT2D eigenvalue weighted by atomic mass is 9.93. The van der Waals surface area contributed by atoms with Gasteiger partial charge in [-0.2, -0.15) is 0 Å². The molecule has 1 saturated heterocycles. The maximum Gasteiger partial charge on any atom is 0.321 e. The molecule has 0 aromatic carbocycles. The molecule has 0 saturated carbocycles. The van der Waals surface area contributed by atoms with E-state index in [0.717, 1.165) is 19.4 Å². The third kappa shape index (κ3) is 4.63. The Morgan fingerprint density at radius 3 is 2.63 bits per heavy atom. The Kier molecular flexibility index (Phi) is 5.95. The number of rotatable bonds is 4. The first kappa shape index (κ1) is 15.6. The maximum absolute atomic E-state index is 11.9. The van der Waals surface area contributed by atoms with Crippen LogP contribution in [0.2, 0.25) is 0 Å². The Hall–Kier alpha value is -1.43. The summed E-state index contributed by atoms with van der Waals surface area (Å²) >= 11 is 0. The summed E-state index contributed by atoms with van der Waals surface area (Å²) in [6.45, 7) is 7.00. The highest BCUT2D eigenvalue weighted by atomic mass is 16.2. The van der Waals surface area contributed by atoms with Crippen molar-refractivity contribution in [3.63, 3.8) is 0 Å². The highest BCUT2D eigenvalue weighted by Crippen LogP contribution is 2.19. The minimum atomic E-state index is -0.473. The zero-order valence-corrected chi connectivity index (χ0v) is 11.9. The summed E-state index contributed by atoms with van der Waals surface area (Å²) < 4.78 is 0. The van der Waals surface area contributed by atoms with Gasteiger partial charge in [0.2, 0.25) is 5.91 Å². The monoisotopic (exact) mass is 269 g/mol. The third-order valence-electron chi connectivity index (χ3n) is 3.53. The van der Waals surface area contributed by atoms with Gasteiger partial charge >= 0.3 is 6.03 Å². The fourth-order valence-corrected chi connectivity index (χ4v) is 2.28. The Labute approximate surface area is 113 Å². The molecule has 2 unspecified atom stereocenters. The summed E-state index contributed by atoms with van der Waals surface area (Å²) in [4.78, 5) is 36.6. The Balaban J connectivity index is 2.51. The summed E-state index contributed by atoms with van der Waals surface area (Å²) in [5.41, 5.74) is 0. The van der Waals surface area contributed by atoms with E-state index in [1.54, 1.807) is 20.8 Å². The molecule has 0 aromatic rings. The normalized spacial score (nSPS) is 21.5. The quantitative estimate of drug-likeness (QED) is 0.780. The van der Waals surface area contributed by atoms with Crippen molar-refractivity contribution in [2.75, 3.05) is 19.6 Å². The fourth-order valence-electron chi connectivity index (χ4n) is 2.28. The minimum absolute atomic E-state index is 0.00784. The molecule has 1 heterocycles. The van der Waals surface area contributed by atoms with Crippen LogP contribution in [0.25, 0.3) is 0 Å². The van der Waals surface area contributed by atoms with Crippen molar-refractivity contribution in [1.29, 1.82) is 0 Å². The van der Waals surface area contributed by atoms with Gasteiger partial charge in [-0.05, 0) is 40.2 Å². The molecule has 6 nitrogen and oxygen atoms in total. The van der Waals surface area contributed by atoms with Crippen LogP contribution in [-0.4, -0.2) is 48.3 Å². The lowest BCUT2D eigenvalue weighted by Crippen LogP contribution is -2.52. The van der Waals surface area contributed by atoms with E-state index < -0.39 is 12.1 Å². The molecule has 0 spiro atoms. The lowest BCUT2D eigenvalue weighted by molar-refractivity contribution is -0.128. The molecule has 2 atom stereocenters. The Morgan fingerprint density at radius 1 is 1.37 bits per heavy atom.